The van der Waals surface area contributed by atoms with Gasteiger partial charge >= 0.3 is 0 Å². The lowest BCUT2D eigenvalue weighted by Crippen LogP contribution is -2.43. The lowest BCUT2D eigenvalue weighted by Gasteiger charge is -2.31. The van der Waals surface area contributed by atoms with Crippen molar-refractivity contribution in [1.29, 1.82) is 0 Å². The molecule has 0 spiro atoms. The Morgan fingerprint density at radius 3 is 2.63 bits per heavy atom. The van der Waals surface area contributed by atoms with Crippen LogP contribution in [-0.4, -0.2) is 46.5 Å². The van der Waals surface area contributed by atoms with Crippen LogP contribution in [0.25, 0.3) is 5.69 Å². The molecule has 1 aromatic heterocycles. The highest BCUT2D eigenvalue weighted by Gasteiger charge is 2.33. The van der Waals surface area contributed by atoms with Gasteiger partial charge in [-0.25, -0.2) is 18.1 Å². The van der Waals surface area contributed by atoms with Crippen LogP contribution in [0.5, 0.6) is 0 Å². The van der Waals surface area contributed by atoms with Crippen molar-refractivity contribution < 1.29 is 13.2 Å². The van der Waals surface area contributed by atoms with Gasteiger partial charge in [-0.05, 0) is 49.2 Å². The van der Waals surface area contributed by atoms with Crippen molar-refractivity contribution in [3.8, 4) is 5.69 Å². The van der Waals surface area contributed by atoms with Crippen LogP contribution >= 0.6 is 15.9 Å². The quantitative estimate of drug-likeness (QED) is 0.593. The van der Waals surface area contributed by atoms with Gasteiger partial charge in [0.25, 0.3) is 0 Å². The zero-order chi connectivity index (χ0) is 21.1. The summed E-state index contributed by atoms with van der Waals surface area (Å²) in [6.45, 7) is 0.549. The Kier molecular flexibility index (Phi) is 5.98. The Bertz CT molecular complexity index is 1130. The van der Waals surface area contributed by atoms with Crippen LogP contribution < -0.4 is 5.32 Å². The molecule has 1 atom stereocenters. The van der Waals surface area contributed by atoms with Crippen LogP contribution in [0.2, 0.25) is 0 Å². The normalized spacial score (nSPS) is 17.6. The summed E-state index contributed by atoms with van der Waals surface area (Å²) in [6, 6.07) is 13.8. The van der Waals surface area contributed by atoms with Crippen molar-refractivity contribution in [2.24, 2.45) is 5.92 Å². The fourth-order valence-corrected chi connectivity index (χ4v) is 5.27. The number of aromatic nitrogens is 3. The summed E-state index contributed by atoms with van der Waals surface area (Å²) in [4.78, 5) is 17.1. The summed E-state index contributed by atoms with van der Waals surface area (Å²) >= 11 is 3.32. The fraction of sp³-hybridized carbons (Fsp3) is 0.250. The highest BCUT2D eigenvalue weighted by atomic mass is 79.9. The van der Waals surface area contributed by atoms with E-state index in [2.05, 4.69) is 31.3 Å². The van der Waals surface area contributed by atoms with Crippen molar-refractivity contribution in [3.63, 3.8) is 0 Å². The van der Waals surface area contributed by atoms with E-state index in [0.717, 1.165) is 4.47 Å². The van der Waals surface area contributed by atoms with Gasteiger partial charge in [0, 0.05) is 17.6 Å². The van der Waals surface area contributed by atoms with Crippen LogP contribution in [0.3, 0.4) is 0 Å². The second-order valence-corrected chi connectivity index (χ2v) is 9.86. The van der Waals surface area contributed by atoms with E-state index in [1.807, 2.05) is 18.2 Å². The smallest absolute Gasteiger partial charge is 0.243 e. The molecule has 8 nitrogen and oxygen atoms in total. The third-order valence-electron chi connectivity index (χ3n) is 5.03. The molecule has 2 aromatic carbocycles. The maximum absolute atomic E-state index is 13.0. The summed E-state index contributed by atoms with van der Waals surface area (Å²) in [5.41, 5.74) is 1.29. The van der Waals surface area contributed by atoms with E-state index >= 15 is 0 Å². The third kappa shape index (κ3) is 4.30. The largest absolute Gasteiger partial charge is 0.324 e. The molecule has 1 N–H and O–H groups in total. The maximum Gasteiger partial charge on any atom is 0.243 e. The summed E-state index contributed by atoms with van der Waals surface area (Å²) in [5, 5.41) is 7.05. The zero-order valence-corrected chi connectivity index (χ0v) is 18.4. The molecule has 2 heterocycles. The predicted molar refractivity (Wildman–Crippen MR) is 116 cm³/mol. The highest BCUT2D eigenvalue weighted by Crippen LogP contribution is 2.26. The van der Waals surface area contributed by atoms with Gasteiger partial charge in [0.15, 0.2) is 0 Å². The zero-order valence-electron chi connectivity index (χ0n) is 16.0. The number of carbonyl (C=O) groups excluding carboxylic acids is 1. The fourth-order valence-electron chi connectivity index (χ4n) is 3.48. The van der Waals surface area contributed by atoms with Crippen LogP contribution in [-0.2, 0) is 14.8 Å². The van der Waals surface area contributed by atoms with E-state index in [-0.39, 0.29) is 17.3 Å². The van der Waals surface area contributed by atoms with E-state index in [0.29, 0.717) is 30.8 Å². The third-order valence-corrected chi connectivity index (χ3v) is 7.44. The number of nitrogens with one attached hydrogen (secondary N) is 1. The molecule has 1 aliphatic rings. The first-order valence-corrected chi connectivity index (χ1v) is 11.7. The number of anilines is 1. The van der Waals surface area contributed by atoms with Gasteiger partial charge < -0.3 is 5.32 Å². The number of carbonyl (C=O) groups is 1. The molecule has 30 heavy (non-hydrogen) atoms. The number of sulfonamides is 1. The van der Waals surface area contributed by atoms with Crippen LogP contribution in [0.15, 0.2) is 70.6 Å². The van der Waals surface area contributed by atoms with E-state index in [9.17, 15) is 13.2 Å². The Labute approximate surface area is 183 Å². The monoisotopic (exact) mass is 489 g/mol. The Morgan fingerprint density at radius 1 is 1.13 bits per heavy atom. The number of piperidine rings is 1. The predicted octanol–water partition coefficient (Wildman–Crippen LogP) is 3.07. The Hall–Kier alpha value is -2.56. The molecule has 4 rings (SSSR count). The van der Waals surface area contributed by atoms with Crippen LogP contribution in [0, 0.1) is 5.92 Å². The molecule has 1 amide bonds. The topological polar surface area (TPSA) is 97.2 Å². The van der Waals surface area contributed by atoms with Gasteiger partial charge in [0.1, 0.15) is 12.7 Å². The number of para-hydroxylation sites is 2. The van der Waals surface area contributed by atoms with Crippen molar-refractivity contribution in [2.45, 2.75) is 17.7 Å². The standard InChI is InChI=1S/C20H20BrN5O3S/c21-16-7-9-17(10-8-16)30(28,29)25-11-3-4-15(12-25)20(27)24-18-5-1-2-6-19(18)26-14-22-13-23-26/h1-2,5-10,13-15H,3-4,11-12H2,(H,24,27). The number of halogens is 1. The molecule has 1 fully saturated rings. The number of hydrogen-bond donors (Lipinski definition) is 1. The first-order chi connectivity index (χ1) is 14.4. The summed E-state index contributed by atoms with van der Waals surface area (Å²) in [7, 11) is -3.65. The summed E-state index contributed by atoms with van der Waals surface area (Å²) < 4.78 is 29.8. The number of rotatable bonds is 5. The van der Waals surface area contributed by atoms with Crippen LogP contribution in [0.1, 0.15) is 12.8 Å². The number of benzene rings is 2. The average molecular weight is 490 g/mol. The van der Waals surface area contributed by atoms with E-state index in [1.165, 1.54) is 10.6 Å². The van der Waals surface area contributed by atoms with Crippen molar-refractivity contribution in [2.75, 3.05) is 18.4 Å². The molecule has 1 unspecified atom stereocenters. The Balaban J connectivity index is 1.50. The van der Waals surface area contributed by atoms with Gasteiger partial charge in [-0.15, -0.1) is 0 Å². The average Bonchev–Trinajstić information content (AvgIpc) is 3.29. The van der Waals surface area contributed by atoms with Gasteiger partial charge in [0.05, 0.1) is 22.2 Å². The lowest BCUT2D eigenvalue weighted by molar-refractivity contribution is -0.120. The summed E-state index contributed by atoms with van der Waals surface area (Å²) in [5.74, 6) is -0.647. The molecule has 0 bridgehead atoms. The molecular weight excluding hydrogens is 470 g/mol. The number of hydrogen-bond acceptors (Lipinski definition) is 5. The van der Waals surface area contributed by atoms with Gasteiger partial charge in [-0.3, -0.25) is 4.79 Å². The van der Waals surface area contributed by atoms with Gasteiger partial charge in [-0.2, -0.15) is 9.40 Å². The second-order valence-electron chi connectivity index (χ2n) is 7.00. The van der Waals surface area contributed by atoms with Gasteiger partial charge in [0.2, 0.25) is 15.9 Å². The Morgan fingerprint density at radius 2 is 1.90 bits per heavy atom. The molecule has 0 radical (unpaired) electrons. The first kappa shape index (κ1) is 20.7. The molecule has 10 heteroatoms. The van der Waals surface area contributed by atoms with E-state index in [4.69, 9.17) is 0 Å². The van der Waals surface area contributed by atoms with Crippen LogP contribution in [0.4, 0.5) is 5.69 Å². The summed E-state index contributed by atoms with van der Waals surface area (Å²) in [6.07, 6.45) is 4.23. The highest BCUT2D eigenvalue weighted by molar-refractivity contribution is 9.10. The van der Waals surface area contributed by atoms with E-state index < -0.39 is 15.9 Å². The molecular formula is C20H20BrN5O3S. The molecule has 1 saturated heterocycles. The minimum Gasteiger partial charge on any atom is -0.324 e. The second kappa shape index (κ2) is 8.66. The SMILES string of the molecule is O=C(Nc1ccccc1-n1cncn1)C1CCCN(S(=O)(=O)c2ccc(Br)cc2)C1. The number of amides is 1. The van der Waals surface area contributed by atoms with E-state index in [1.54, 1.807) is 41.3 Å². The van der Waals surface area contributed by atoms with Crippen molar-refractivity contribution >= 4 is 37.5 Å². The lowest BCUT2D eigenvalue weighted by atomic mass is 9.98. The minimum absolute atomic E-state index is 0.149. The maximum atomic E-state index is 13.0. The molecule has 3 aromatic rings. The first-order valence-electron chi connectivity index (χ1n) is 9.46. The molecule has 0 saturated carbocycles. The number of nitrogens with zero attached hydrogens (tertiary/aromatic N) is 4. The molecule has 156 valence electrons. The molecule has 1 aliphatic heterocycles. The van der Waals surface area contributed by atoms with Crippen molar-refractivity contribution in [3.05, 3.63) is 65.7 Å². The van der Waals surface area contributed by atoms with Crippen molar-refractivity contribution in [1.82, 2.24) is 19.1 Å². The van der Waals surface area contributed by atoms with Gasteiger partial charge in [-0.1, -0.05) is 28.1 Å². The molecule has 0 aliphatic carbocycles. The minimum atomic E-state index is -3.65.